The molecule has 0 aromatic carbocycles. The third-order valence-electron chi connectivity index (χ3n) is 3.97. The number of hydrogen-bond donors (Lipinski definition) is 1. The van der Waals surface area contributed by atoms with Gasteiger partial charge >= 0.3 is 0 Å². The van der Waals surface area contributed by atoms with Gasteiger partial charge in [-0.3, -0.25) is 4.79 Å². The molecule has 0 aromatic heterocycles. The van der Waals surface area contributed by atoms with Crippen LogP contribution >= 0.6 is 0 Å². The highest BCUT2D eigenvalue weighted by Crippen LogP contribution is 2.31. The maximum Gasteiger partial charge on any atom is 0.225 e. The first-order valence-corrected chi connectivity index (χ1v) is 7.20. The molecule has 4 nitrogen and oxygen atoms in total. The molecule has 106 valence electrons. The average molecular weight is 256 g/mol. The van der Waals surface area contributed by atoms with Gasteiger partial charge in [-0.25, -0.2) is 0 Å². The molecule has 0 saturated heterocycles. The summed E-state index contributed by atoms with van der Waals surface area (Å²) >= 11 is 0. The summed E-state index contributed by atoms with van der Waals surface area (Å²) < 4.78 is 5.06. The van der Waals surface area contributed by atoms with E-state index < -0.39 is 0 Å². The van der Waals surface area contributed by atoms with Crippen LogP contribution in [-0.4, -0.2) is 44.2 Å². The largest absolute Gasteiger partial charge is 0.383 e. The molecule has 18 heavy (non-hydrogen) atoms. The molecule has 0 aromatic rings. The molecule has 1 fully saturated rings. The summed E-state index contributed by atoms with van der Waals surface area (Å²) in [7, 11) is 1.68. The Kier molecular flexibility index (Phi) is 7.28. The highest BCUT2D eigenvalue weighted by atomic mass is 16.5. The van der Waals surface area contributed by atoms with E-state index in [-0.39, 0.29) is 5.92 Å². The maximum atomic E-state index is 12.4. The predicted molar refractivity (Wildman–Crippen MR) is 73.2 cm³/mol. The Morgan fingerprint density at radius 2 is 2.22 bits per heavy atom. The Morgan fingerprint density at radius 1 is 1.44 bits per heavy atom. The van der Waals surface area contributed by atoms with E-state index >= 15 is 0 Å². The zero-order chi connectivity index (χ0) is 13.4. The van der Waals surface area contributed by atoms with E-state index in [2.05, 4.69) is 0 Å². The van der Waals surface area contributed by atoms with Gasteiger partial charge in [0.1, 0.15) is 0 Å². The molecule has 0 radical (unpaired) electrons. The van der Waals surface area contributed by atoms with Crippen molar-refractivity contribution in [1.29, 1.82) is 0 Å². The second-order valence-electron chi connectivity index (χ2n) is 5.22. The standard InChI is InChI=1S/C14H28N2O2/c1-3-16(9-10-18-2)14(17)13-6-4-5-12(11-13)7-8-15/h12-13H,3-11,15H2,1-2H3. The van der Waals surface area contributed by atoms with E-state index in [1.165, 1.54) is 12.8 Å². The van der Waals surface area contributed by atoms with Gasteiger partial charge in [0.2, 0.25) is 5.91 Å². The zero-order valence-corrected chi connectivity index (χ0v) is 11.9. The number of hydrogen-bond acceptors (Lipinski definition) is 3. The van der Waals surface area contributed by atoms with Crippen molar-refractivity contribution in [3.05, 3.63) is 0 Å². The minimum Gasteiger partial charge on any atom is -0.383 e. The number of likely N-dealkylation sites (N-methyl/N-ethyl adjacent to an activating group) is 1. The number of nitrogens with zero attached hydrogens (tertiary/aromatic N) is 1. The van der Waals surface area contributed by atoms with E-state index in [1.54, 1.807) is 7.11 Å². The molecule has 1 amide bonds. The van der Waals surface area contributed by atoms with Crippen LogP contribution in [0.1, 0.15) is 39.0 Å². The number of rotatable bonds is 7. The Balaban J connectivity index is 2.47. The molecule has 2 N–H and O–H groups in total. The molecular formula is C14H28N2O2. The van der Waals surface area contributed by atoms with Crippen molar-refractivity contribution in [3.63, 3.8) is 0 Å². The van der Waals surface area contributed by atoms with E-state index in [0.717, 1.165) is 32.4 Å². The topological polar surface area (TPSA) is 55.6 Å². The monoisotopic (exact) mass is 256 g/mol. The highest BCUT2D eigenvalue weighted by molar-refractivity contribution is 5.78. The molecule has 0 aliphatic heterocycles. The van der Waals surface area contributed by atoms with E-state index in [1.807, 2.05) is 11.8 Å². The van der Waals surface area contributed by atoms with Gasteiger partial charge in [-0.05, 0) is 38.6 Å². The molecule has 0 spiro atoms. The lowest BCUT2D eigenvalue weighted by Crippen LogP contribution is -2.40. The SMILES string of the molecule is CCN(CCOC)C(=O)C1CCCC(CCN)C1. The smallest absolute Gasteiger partial charge is 0.225 e. The van der Waals surface area contributed by atoms with Gasteiger partial charge in [-0.2, -0.15) is 0 Å². The van der Waals surface area contributed by atoms with Crippen LogP contribution in [0.3, 0.4) is 0 Å². The number of nitrogens with two attached hydrogens (primary N) is 1. The summed E-state index contributed by atoms with van der Waals surface area (Å²) in [6.45, 7) is 4.89. The van der Waals surface area contributed by atoms with E-state index in [4.69, 9.17) is 10.5 Å². The third kappa shape index (κ3) is 4.58. The van der Waals surface area contributed by atoms with Gasteiger partial charge < -0.3 is 15.4 Å². The first-order valence-electron chi connectivity index (χ1n) is 7.20. The first kappa shape index (κ1) is 15.4. The molecule has 0 bridgehead atoms. The van der Waals surface area contributed by atoms with Crippen LogP contribution in [0, 0.1) is 11.8 Å². The fourth-order valence-corrected chi connectivity index (χ4v) is 2.90. The van der Waals surface area contributed by atoms with E-state index in [0.29, 0.717) is 25.0 Å². The predicted octanol–water partition coefficient (Wildman–Crippen LogP) is 1.64. The van der Waals surface area contributed by atoms with Gasteiger partial charge in [0.25, 0.3) is 0 Å². The van der Waals surface area contributed by atoms with Gasteiger partial charge in [-0.15, -0.1) is 0 Å². The molecule has 1 saturated carbocycles. The zero-order valence-electron chi connectivity index (χ0n) is 11.9. The molecule has 1 aliphatic carbocycles. The highest BCUT2D eigenvalue weighted by Gasteiger charge is 2.29. The van der Waals surface area contributed by atoms with Crippen LogP contribution in [0.15, 0.2) is 0 Å². The Morgan fingerprint density at radius 3 is 2.83 bits per heavy atom. The van der Waals surface area contributed by atoms with Crippen molar-refractivity contribution >= 4 is 5.91 Å². The lowest BCUT2D eigenvalue weighted by Gasteiger charge is -2.32. The second-order valence-corrected chi connectivity index (χ2v) is 5.22. The van der Waals surface area contributed by atoms with Gasteiger partial charge in [-0.1, -0.05) is 12.8 Å². The average Bonchev–Trinajstić information content (AvgIpc) is 2.40. The maximum absolute atomic E-state index is 12.4. The summed E-state index contributed by atoms with van der Waals surface area (Å²) in [5.41, 5.74) is 5.62. The molecule has 2 unspecified atom stereocenters. The summed E-state index contributed by atoms with van der Waals surface area (Å²) in [4.78, 5) is 14.4. The third-order valence-corrected chi connectivity index (χ3v) is 3.97. The van der Waals surface area contributed by atoms with Crippen LogP contribution in [0.25, 0.3) is 0 Å². The molecule has 1 rings (SSSR count). The normalized spacial score (nSPS) is 23.9. The quantitative estimate of drug-likeness (QED) is 0.753. The van der Waals surface area contributed by atoms with Crippen LogP contribution in [0.5, 0.6) is 0 Å². The summed E-state index contributed by atoms with van der Waals surface area (Å²) in [6.07, 6.45) is 5.55. The van der Waals surface area contributed by atoms with Crippen molar-refractivity contribution < 1.29 is 9.53 Å². The van der Waals surface area contributed by atoms with Crippen LogP contribution in [-0.2, 0) is 9.53 Å². The van der Waals surface area contributed by atoms with Crippen LogP contribution < -0.4 is 5.73 Å². The number of carbonyl (C=O) groups is 1. The Hall–Kier alpha value is -0.610. The molecule has 0 heterocycles. The first-order chi connectivity index (χ1) is 8.72. The number of ether oxygens (including phenoxy) is 1. The Bertz CT molecular complexity index is 244. The second kappa shape index (κ2) is 8.48. The van der Waals surface area contributed by atoms with Crippen LogP contribution in [0.4, 0.5) is 0 Å². The van der Waals surface area contributed by atoms with Crippen molar-refractivity contribution in [3.8, 4) is 0 Å². The number of amides is 1. The fourth-order valence-electron chi connectivity index (χ4n) is 2.90. The van der Waals surface area contributed by atoms with Gasteiger partial charge in [0, 0.05) is 26.1 Å². The van der Waals surface area contributed by atoms with Crippen molar-refractivity contribution in [2.75, 3.05) is 33.4 Å². The van der Waals surface area contributed by atoms with Crippen LogP contribution in [0.2, 0.25) is 0 Å². The Labute approximate surface area is 111 Å². The van der Waals surface area contributed by atoms with Gasteiger partial charge in [0.05, 0.1) is 6.61 Å². The molecular weight excluding hydrogens is 228 g/mol. The minimum absolute atomic E-state index is 0.215. The summed E-state index contributed by atoms with van der Waals surface area (Å²) in [5.74, 6) is 1.18. The fraction of sp³-hybridized carbons (Fsp3) is 0.929. The molecule has 1 aliphatic rings. The summed E-state index contributed by atoms with van der Waals surface area (Å²) in [5, 5.41) is 0. The van der Waals surface area contributed by atoms with Crippen molar-refractivity contribution in [1.82, 2.24) is 4.90 Å². The van der Waals surface area contributed by atoms with Gasteiger partial charge in [0.15, 0.2) is 0 Å². The van der Waals surface area contributed by atoms with E-state index in [9.17, 15) is 4.79 Å². The number of carbonyl (C=O) groups excluding carboxylic acids is 1. The lowest BCUT2D eigenvalue weighted by molar-refractivity contribution is -0.137. The summed E-state index contributed by atoms with van der Waals surface area (Å²) in [6, 6.07) is 0. The van der Waals surface area contributed by atoms with Crippen molar-refractivity contribution in [2.24, 2.45) is 17.6 Å². The minimum atomic E-state index is 0.215. The molecule has 2 atom stereocenters. The lowest BCUT2D eigenvalue weighted by atomic mass is 9.79. The molecule has 4 heteroatoms. The van der Waals surface area contributed by atoms with Crippen molar-refractivity contribution in [2.45, 2.75) is 39.0 Å². The number of methoxy groups -OCH3 is 1.